The molecule has 0 aliphatic rings. The number of aryl methyl sites for hydroxylation is 1. The number of ether oxygens (including phenoxy) is 3. The van der Waals surface area contributed by atoms with E-state index in [2.05, 4.69) is 10.4 Å². The number of hydrogen-bond acceptors (Lipinski definition) is 8. The van der Waals surface area contributed by atoms with Gasteiger partial charge in [0.15, 0.2) is 17.2 Å². The number of carbonyl (C=O) groups excluding carboxylic acids is 2. The molecule has 10 heteroatoms. The fraction of sp³-hybridized carbons (Fsp3) is 0.231. The Labute approximate surface area is 211 Å². The smallest absolute Gasteiger partial charge is 0.359 e. The predicted molar refractivity (Wildman–Crippen MR) is 138 cm³/mol. The normalized spacial score (nSPS) is 10.8. The molecule has 0 saturated heterocycles. The number of thiophene rings is 1. The van der Waals surface area contributed by atoms with Crippen LogP contribution in [-0.4, -0.2) is 42.5 Å². The zero-order chi connectivity index (χ0) is 25.8. The molecule has 0 atom stereocenters. The summed E-state index contributed by atoms with van der Waals surface area (Å²) in [7, 11) is 3.06. The number of nitrogens with one attached hydrogen (secondary N) is 1. The SMILES string of the molecule is CCOC(=O)c1nn(-c2ccc(C)cc2)c(=O)c2c(NC(=O)Cc3ccc(OC)c(OC)c3)scc12. The highest BCUT2D eigenvalue weighted by atomic mass is 32.1. The van der Waals surface area contributed by atoms with Crippen LogP contribution in [0.3, 0.4) is 0 Å². The average Bonchev–Trinajstić information content (AvgIpc) is 3.28. The van der Waals surface area contributed by atoms with Crippen LogP contribution in [0.2, 0.25) is 0 Å². The van der Waals surface area contributed by atoms with Gasteiger partial charge in [-0.2, -0.15) is 9.78 Å². The van der Waals surface area contributed by atoms with Crippen molar-refractivity contribution in [3.8, 4) is 17.2 Å². The standard InChI is InChI=1S/C26H25N3O6S/c1-5-35-26(32)23-18-14-36-24(22(18)25(31)29(28-23)17-9-6-15(2)7-10-17)27-21(30)13-16-8-11-19(33-3)20(12-16)34-4/h6-12,14H,5,13H2,1-4H3,(H,27,30). The van der Waals surface area contributed by atoms with Crippen molar-refractivity contribution in [2.75, 3.05) is 26.1 Å². The second-order valence-corrected chi connectivity index (χ2v) is 8.77. The molecule has 0 bridgehead atoms. The van der Waals surface area contributed by atoms with E-state index in [4.69, 9.17) is 14.2 Å². The highest BCUT2D eigenvalue weighted by molar-refractivity contribution is 7.16. The molecule has 9 nitrogen and oxygen atoms in total. The minimum absolute atomic E-state index is 0.00339. The topological polar surface area (TPSA) is 109 Å². The van der Waals surface area contributed by atoms with E-state index in [1.165, 1.54) is 14.2 Å². The molecule has 1 amide bonds. The fourth-order valence-corrected chi connectivity index (χ4v) is 4.65. The van der Waals surface area contributed by atoms with E-state index >= 15 is 0 Å². The number of anilines is 1. The quantitative estimate of drug-likeness (QED) is 0.357. The summed E-state index contributed by atoms with van der Waals surface area (Å²) in [4.78, 5) is 39.1. The van der Waals surface area contributed by atoms with Crippen molar-refractivity contribution in [2.24, 2.45) is 0 Å². The molecule has 4 aromatic rings. The van der Waals surface area contributed by atoms with Gasteiger partial charge in [-0.3, -0.25) is 9.59 Å². The minimum Gasteiger partial charge on any atom is -0.493 e. The molecule has 0 unspecified atom stereocenters. The van der Waals surface area contributed by atoms with Gasteiger partial charge >= 0.3 is 5.97 Å². The van der Waals surface area contributed by atoms with Crippen LogP contribution >= 0.6 is 11.3 Å². The van der Waals surface area contributed by atoms with Gasteiger partial charge in [-0.1, -0.05) is 23.8 Å². The van der Waals surface area contributed by atoms with Crippen molar-refractivity contribution < 1.29 is 23.8 Å². The van der Waals surface area contributed by atoms with Crippen molar-refractivity contribution in [3.05, 3.63) is 75.0 Å². The van der Waals surface area contributed by atoms with E-state index in [0.717, 1.165) is 21.6 Å². The van der Waals surface area contributed by atoms with Crippen molar-refractivity contribution in [3.63, 3.8) is 0 Å². The van der Waals surface area contributed by atoms with Gasteiger partial charge in [0, 0.05) is 10.8 Å². The third-order valence-corrected chi connectivity index (χ3v) is 6.36. The van der Waals surface area contributed by atoms with Crippen LogP contribution in [0.5, 0.6) is 11.5 Å². The first-order valence-electron chi connectivity index (χ1n) is 11.2. The van der Waals surface area contributed by atoms with E-state index in [9.17, 15) is 14.4 Å². The summed E-state index contributed by atoms with van der Waals surface area (Å²) in [6.07, 6.45) is 0.0434. The Kier molecular flexibility index (Phi) is 7.35. The fourth-order valence-electron chi connectivity index (χ4n) is 3.70. The van der Waals surface area contributed by atoms with Crippen LogP contribution in [0.4, 0.5) is 5.00 Å². The van der Waals surface area contributed by atoms with Crippen LogP contribution in [-0.2, 0) is 16.0 Å². The van der Waals surface area contributed by atoms with E-state index in [0.29, 0.717) is 33.1 Å². The lowest BCUT2D eigenvalue weighted by molar-refractivity contribution is -0.115. The zero-order valence-electron chi connectivity index (χ0n) is 20.3. The minimum atomic E-state index is -0.649. The molecule has 0 spiro atoms. The molecule has 1 N–H and O–H groups in total. The molecule has 2 aromatic heterocycles. The maximum absolute atomic E-state index is 13.5. The van der Waals surface area contributed by atoms with Crippen LogP contribution in [0.15, 0.2) is 52.6 Å². The number of nitrogens with zero attached hydrogens (tertiary/aromatic N) is 2. The third kappa shape index (κ3) is 4.94. The molecule has 0 radical (unpaired) electrons. The Morgan fingerprint density at radius 2 is 1.78 bits per heavy atom. The molecule has 4 rings (SSSR count). The van der Waals surface area contributed by atoms with Gasteiger partial charge in [0.1, 0.15) is 5.00 Å². The van der Waals surface area contributed by atoms with Gasteiger partial charge in [-0.15, -0.1) is 11.3 Å². The third-order valence-electron chi connectivity index (χ3n) is 5.47. The number of benzene rings is 2. The molecular formula is C26H25N3O6S. The Balaban J connectivity index is 1.74. The number of esters is 1. The Morgan fingerprint density at radius 3 is 2.44 bits per heavy atom. The van der Waals surface area contributed by atoms with E-state index < -0.39 is 11.5 Å². The number of amides is 1. The molecule has 2 aromatic carbocycles. The van der Waals surface area contributed by atoms with Crippen molar-refractivity contribution in [2.45, 2.75) is 20.3 Å². The molecule has 36 heavy (non-hydrogen) atoms. The van der Waals surface area contributed by atoms with Crippen LogP contribution < -0.4 is 20.3 Å². The maximum Gasteiger partial charge on any atom is 0.359 e. The summed E-state index contributed by atoms with van der Waals surface area (Å²) in [6.45, 7) is 3.78. The van der Waals surface area contributed by atoms with E-state index in [1.54, 1.807) is 42.6 Å². The number of methoxy groups -OCH3 is 2. The maximum atomic E-state index is 13.5. The van der Waals surface area contributed by atoms with Crippen LogP contribution in [0, 0.1) is 6.92 Å². The highest BCUT2D eigenvalue weighted by Crippen LogP contribution is 2.31. The number of rotatable bonds is 8. The molecular weight excluding hydrogens is 482 g/mol. The Bertz CT molecular complexity index is 1490. The summed E-state index contributed by atoms with van der Waals surface area (Å²) in [5.74, 6) is 0.0863. The first-order chi connectivity index (χ1) is 17.4. The Morgan fingerprint density at radius 1 is 1.06 bits per heavy atom. The number of hydrogen-bond donors (Lipinski definition) is 1. The highest BCUT2D eigenvalue weighted by Gasteiger charge is 2.23. The van der Waals surface area contributed by atoms with Gasteiger partial charge < -0.3 is 19.5 Å². The monoisotopic (exact) mass is 507 g/mol. The number of fused-ring (bicyclic) bond motifs is 1. The number of carbonyl (C=O) groups is 2. The van der Waals surface area contributed by atoms with E-state index in [1.807, 2.05) is 19.1 Å². The Hall–Kier alpha value is -4.18. The van der Waals surface area contributed by atoms with Crippen molar-refractivity contribution >= 4 is 39.0 Å². The average molecular weight is 508 g/mol. The van der Waals surface area contributed by atoms with Crippen molar-refractivity contribution in [1.82, 2.24) is 9.78 Å². The zero-order valence-corrected chi connectivity index (χ0v) is 21.1. The number of aromatic nitrogens is 2. The second-order valence-electron chi connectivity index (χ2n) is 7.89. The van der Waals surface area contributed by atoms with Gasteiger partial charge in [0.05, 0.1) is 38.3 Å². The molecule has 0 aliphatic heterocycles. The predicted octanol–water partition coefficient (Wildman–Crippen LogP) is 4.13. The molecule has 186 valence electrons. The van der Waals surface area contributed by atoms with Gasteiger partial charge in [0.2, 0.25) is 5.91 Å². The first kappa shape index (κ1) is 24.9. The largest absolute Gasteiger partial charge is 0.493 e. The summed E-state index contributed by atoms with van der Waals surface area (Å²) >= 11 is 1.15. The summed E-state index contributed by atoms with van der Waals surface area (Å²) < 4.78 is 16.9. The van der Waals surface area contributed by atoms with Gasteiger partial charge in [0.25, 0.3) is 5.56 Å². The lowest BCUT2D eigenvalue weighted by Crippen LogP contribution is -2.25. The first-order valence-corrected chi connectivity index (χ1v) is 12.0. The molecule has 0 fully saturated rings. The van der Waals surface area contributed by atoms with Gasteiger partial charge in [-0.05, 0) is 43.7 Å². The lowest BCUT2D eigenvalue weighted by Gasteiger charge is -2.11. The molecule has 0 aliphatic carbocycles. The molecule has 2 heterocycles. The van der Waals surface area contributed by atoms with Crippen molar-refractivity contribution in [1.29, 1.82) is 0 Å². The van der Waals surface area contributed by atoms with Gasteiger partial charge in [-0.25, -0.2) is 4.79 Å². The molecule has 0 saturated carbocycles. The van der Waals surface area contributed by atoms with E-state index in [-0.39, 0.29) is 30.0 Å². The van der Waals surface area contributed by atoms with Crippen LogP contribution in [0.1, 0.15) is 28.5 Å². The summed E-state index contributed by atoms with van der Waals surface area (Å²) in [5, 5.41) is 9.61. The van der Waals surface area contributed by atoms with Crippen LogP contribution in [0.25, 0.3) is 16.5 Å². The lowest BCUT2D eigenvalue weighted by atomic mass is 10.1. The summed E-state index contributed by atoms with van der Waals surface area (Å²) in [6, 6.07) is 12.4. The second kappa shape index (κ2) is 10.6. The summed E-state index contributed by atoms with van der Waals surface area (Å²) in [5.41, 5.74) is 1.76.